The first-order valence-electron chi connectivity index (χ1n) is 13.7. The zero-order valence-electron chi connectivity index (χ0n) is 24.2. The molecule has 4 aromatic carbocycles. The van der Waals surface area contributed by atoms with Gasteiger partial charge in [0.1, 0.15) is 0 Å². The van der Waals surface area contributed by atoms with Crippen molar-refractivity contribution < 1.29 is 30.0 Å². The summed E-state index contributed by atoms with van der Waals surface area (Å²) < 4.78 is 0. The van der Waals surface area contributed by atoms with Gasteiger partial charge in [-0.1, -0.05) is 76.2 Å². The van der Waals surface area contributed by atoms with Crippen LogP contribution in [0.2, 0.25) is 0 Å². The number of hydrogen-bond donors (Lipinski definition) is 1. The third-order valence-electron chi connectivity index (χ3n) is 6.59. The molecular formula is C36H38IrNO2-. The Morgan fingerprint density at radius 3 is 2.10 bits per heavy atom. The van der Waals surface area contributed by atoms with Crippen LogP contribution in [0.15, 0.2) is 84.8 Å². The van der Waals surface area contributed by atoms with Crippen molar-refractivity contribution in [1.82, 2.24) is 4.98 Å². The van der Waals surface area contributed by atoms with Crippen molar-refractivity contribution in [2.24, 2.45) is 11.8 Å². The van der Waals surface area contributed by atoms with Gasteiger partial charge in [0.05, 0.1) is 5.76 Å². The van der Waals surface area contributed by atoms with Gasteiger partial charge in [0.25, 0.3) is 0 Å². The minimum atomic E-state index is -0.125. The number of aliphatic hydroxyl groups is 1. The molecule has 1 heterocycles. The van der Waals surface area contributed by atoms with Crippen LogP contribution in [-0.4, -0.2) is 15.9 Å². The molecule has 1 N–H and O–H groups in total. The number of aromatic nitrogens is 1. The van der Waals surface area contributed by atoms with Gasteiger partial charge in [-0.15, -0.1) is 34.9 Å². The maximum absolute atomic E-state index is 10.0. The molecule has 1 radical (unpaired) electrons. The summed E-state index contributed by atoms with van der Waals surface area (Å²) in [5.74, 6) is 1.16. The zero-order chi connectivity index (χ0) is 28.1. The second-order valence-corrected chi connectivity index (χ2v) is 11.2. The third-order valence-corrected chi connectivity index (χ3v) is 6.59. The van der Waals surface area contributed by atoms with Crippen LogP contribution in [0, 0.1) is 17.9 Å². The molecule has 40 heavy (non-hydrogen) atoms. The largest absolute Gasteiger partial charge is 0.512 e. The number of benzene rings is 4. The van der Waals surface area contributed by atoms with E-state index in [9.17, 15) is 4.79 Å². The van der Waals surface area contributed by atoms with Crippen molar-refractivity contribution in [2.45, 2.75) is 54.4 Å². The van der Waals surface area contributed by atoms with Crippen LogP contribution in [0.5, 0.6) is 0 Å². The van der Waals surface area contributed by atoms with E-state index in [0.29, 0.717) is 11.8 Å². The Morgan fingerprint density at radius 1 is 0.825 bits per heavy atom. The van der Waals surface area contributed by atoms with Crippen LogP contribution < -0.4 is 0 Å². The molecule has 0 aliphatic rings. The van der Waals surface area contributed by atoms with E-state index in [0.717, 1.165) is 24.1 Å². The summed E-state index contributed by atoms with van der Waals surface area (Å²) in [7, 11) is 0. The standard InChI is InChI=1S/C31H30N.C5H8O2.Ir/c1-20(2)15-22-17-23(16-21(3)4)19-25(18-22)31-30-12-11-27-26-8-6-5-7-24(26)9-10-28(27)29(30)13-14-32-31;1-4(6)3-5(2)7;/h5-14,17-18,20-21H,15-16H2,1-4H3;3,6H,1-2H3;/q-1;;/b;4-3-;. The summed E-state index contributed by atoms with van der Waals surface area (Å²) in [6.45, 7) is 12.0. The van der Waals surface area contributed by atoms with E-state index in [-0.39, 0.29) is 31.6 Å². The van der Waals surface area contributed by atoms with Gasteiger partial charge in [0.15, 0.2) is 5.78 Å². The molecule has 0 saturated heterocycles. The maximum Gasteiger partial charge on any atom is 0.155 e. The first-order chi connectivity index (χ1) is 18.6. The second kappa shape index (κ2) is 13.8. The van der Waals surface area contributed by atoms with Crippen LogP contribution >= 0.6 is 0 Å². The monoisotopic (exact) mass is 709 g/mol. The molecule has 4 heteroatoms. The molecule has 5 rings (SSSR count). The SMILES string of the molecule is CC(=O)/C=C(/C)O.CC(C)Cc1[c-]c(-c2nccc3c2ccc2c4ccccc4ccc32)cc(CC(C)C)c1.[Ir]. The predicted molar refractivity (Wildman–Crippen MR) is 165 cm³/mol. The topological polar surface area (TPSA) is 50.2 Å². The molecule has 0 aliphatic heterocycles. The Balaban J connectivity index is 0.000000492. The summed E-state index contributed by atoms with van der Waals surface area (Å²) in [4.78, 5) is 14.9. The van der Waals surface area contributed by atoms with Gasteiger partial charge >= 0.3 is 0 Å². The van der Waals surface area contributed by atoms with E-state index in [1.165, 1.54) is 63.4 Å². The molecule has 0 saturated carbocycles. The quantitative estimate of drug-likeness (QED) is 0.0828. The first-order valence-corrected chi connectivity index (χ1v) is 13.7. The number of aliphatic hydroxyl groups excluding tert-OH is 1. The molecule has 0 atom stereocenters. The average Bonchev–Trinajstić information content (AvgIpc) is 2.86. The zero-order valence-corrected chi connectivity index (χ0v) is 26.6. The van der Waals surface area contributed by atoms with Crippen LogP contribution in [0.3, 0.4) is 0 Å². The number of pyridine rings is 1. The normalized spacial score (nSPS) is 11.6. The van der Waals surface area contributed by atoms with E-state index < -0.39 is 0 Å². The fourth-order valence-corrected chi connectivity index (χ4v) is 5.22. The number of ketones is 1. The van der Waals surface area contributed by atoms with Gasteiger partial charge in [-0.2, -0.15) is 0 Å². The summed E-state index contributed by atoms with van der Waals surface area (Å²) in [6, 6.07) is 28.1. The molecule has 3 nitrogen and oxygen atoms in total. The van der Waals surface area contributed by atoms with Gasteiger partial charge in [-0.3, -0.25) is 4.79 Å². The van der Waals surface area contributed by atoms with Crippen molar-refractivity contribution in [2.75, 3.05) is 0 Å². The summed E-state index contributed by atoms with van der Waals surface area (Å²) >= 11 is 0. The van der Waals surface area contributed by atoms with Crippen LogP contribution in [0.1, 0.15) is 52.7 Å². The number of nitrogens with zero attached hydrogens (tertiary/aromatic N) is 1. The number of fused-ring (bicyclic) bond motifs is 5. The molecule has 0 amide bonds. The molecule has 5 aromatic rings. The second-order valence-electron chi connectivity index (χ2n) is 11.2. The Hall–Kier alpha value is -3.33. The smallest absolute Gasteiger partial charge is 0.155 e. The molecule has 0 spiro atoms. The number of allylic oxidation sites excluding steroid dienone is 2. The van der Waals surface area contributed by atoms with Crippen LogP contribution in [0.4, 0.5) is 0 Å². The minimum absolute atomic E-state index is 0. The minimum Gasteiger partial charge on any atom is -0.512 e. The summed E-state index contributed by atoms with van der Waals surface area (Å²) in [5, 5.41) is 16.0. The molecule has 1 aromatic heterocycles. The first kappa shape index (κ1) is 31.2. The number of carbonyl (C=O) groups is 1. The van der Waals surface area contributed by atoms with Crippen LogP contribution in [0.25, 0.3) is 43.6 Å². The van der Waals surface area contributed by atoms with E-state index in [4.69, 9.17) is 10.1 Å². The Labute approximate surface area is 251 Å². The number of rotatable bonds is 6. The molecule has 0 unspecified atom stereocenters. The fourth-order valence-electron chi connectivity index (χ4n) is 5.22. The molecule has 0 bridgehead atoms. The predicted octanol–water partition coefficient (Wildman–Crippen LogP) is 9.44. The van der Waals surface area contributed by atoms with Crippen molar-refractivity contribution in [3.8, 4) is 11.3 Å². The van der Waals surface area contributed by atoms with Crippen molar-refractivity contribution in [3.05, 3.63) is 102 Å². The van der Waals surface area contributed by atoms with Gasteiger partial charge in [-0.25, -0.2) is 0 Å². The van der Waals surface area contributed by atoms with Crippen molar-refractivity contribution in [3.63, 3.8) is 0 Å². The molecular weight excluding hydrogens is 671 g/mol. The van der Waals surface area contributed by atoms with Crippen molar-refractivity contribution >= 4 is 38.1 Å². The maximum atomic E-state index is 10.0. The molecule has 0 fully saturated rings. The Bertz CT molecular complexity index is 1630. The van der Waals surface area contributed by atoms with Gasteiger partial charge < -0.3 is 10.1 Å². The van der Waals surface area contributed by atoms with Crippen molar-refractivity contribution in [1.29, 1.82) is 0 Å². The molecule has 209 valence electrons. The summed E-state index contributed by atoms with van der Waals surface area (Å²) in [5.41, 5.74) is 4.83. The van der Waals surface area contributed by atoms with E-state index >= 15 is 0 Å². The molecule has 0 aliphatic carbocycles. The summed E-state index contributed by atoms with van der Waals surface area (Å²) in [6.07, 6.45) is 5.24. The third kappa shape index (κ3) is 7.65. The van der Waals surface area contributed by atoms with E-state index in [1.807, 2.05) is 6.20 Å². The number of carbonyl (C=O) groups excluding carboxylic acids is 1. The average molecular weight is 709 g/mol. The fraction of sp³-hybridized carbons (Fsp3) is 0.278. The Morgan fingerprint density at radius 2 is 1.45 bits per heavy atom. The van der Waals surface area contributed by atoms with E-state index in [1.54, 1.807) is 0 Å². The van der Waals surface area contributed by atoms with E-state index in [2.05, 4.69) is 100 Å². The van der Waals surface area contributed by atoms with Gasteiger partial charge in [0.2, 0.25) is 0 Å². The van der Waals surface area contributed by atoms with Crippen LogP contribution in [-0.2, 0) is 37.7 Å². The number of hydrogen-bond acceptors (Lipinski definition) is 3. The Kier molecular flexibility index (Phi) is 10.8. The van der Waals surface area contributed by atoms with Gasteiger partial charge in [-0.05, 0) is 82.6 Å². The van der Waals surface area contributed by atoms with Gasteiger partial charge in [0, 0.05) is 32.4 Å².